The van der Waals surface area contributed by atoms with Crippen LogP contribution in [0, 0.1) is 5.41 Å². The topological polar surface area (TPSA) is 66.1 Å². The highest BCUT2D eigenvalue weighted by Crippen LogP contribution is 2.27. The summed E-state index contributed by atoms with van der Waals surface area (Å²) in [7, 11) is -3.25. The summed E-state index contributed by atoms with van der Waals surface area (Å²) in [4.78, 5) is 10.4. The van der Waals surface area contributed by atoms with Gasteiger partial charge >= 0.3 is 0 Å². The maximum Gasteiger partial charge on any atom is 0.183 e. The lowest BCUT2D eigenvalue weighted by atomic mass is 9.92. The molecule has 0 unspecified atom stereocenters. The molecule has 0 atom stereocenters. The van der Waals surface area contributed by atoms with Crippen molar-refractivity contribution < 1.29 is 8.42 Å². The second-order valence-electron chi connectivity index (χ2n) is 7.62. The van der Waals surface area contributed by atoms with Gasteiger partial charge in [-0.3, -0.25) is 0 Å². The van der Waals surface area contributed by atoms with E-state index in [0.717, 1.165) is 29.8 Å². The number of nitrogens with one attached hydrogen (secondary N) is 1. The van der Waals surface area contributed by atoms with Gasteiger partial charge in [0.05, 0.1) is 21.2 Å². The Kier molecular flexibility index (Phi) is 4.01. The molecule has 6 heteroatoms. The van der Waals surface area contributed by atoms with E-state index in [4.69, 9.17) is 0 Å². The first-order valence-electron chi connectivity index (χ1n) is 8.14. The van der Waals surface area contributed by atoms with Crippen LogP contribution in [0.15, 0.2) is 23.1 Å². The van der Waals surface area contributed by atoms with Crippen LogP contribution in [0.3, 0.4) is 0 Å². The van der Waals surface area contributed by atoms with Crippen molar-refractivity contribution in [3.63, 3.8) is 0 Å². The minimum atomic E-state index is -3.25. The van der Waals surface area contributed by atoms with Crippen LogP contribution in [0.4, 0.5) is 0 Å². The molecule has 1 fully saturated rings. The molecule has 5 nitrogen and oxygen atoms in total. The summed E-state index contributed by atoms with van der Waals surface area (Å²) in [6.07, 6.45) is 0.831. The second-order valence-corrected chi connectivity index (χ2v) is 9.85. The molecular weight excluding hydrogens is 310 g/mol. The van der Waals surface area contributed by atoms with Crippen LogP contribution in [-0.2, 0) is 16.3 Å². The zero-order valence-electron chi connectivity index (χ0n) is 14.3. The third-order valence-electron chi connectivity index (χ3n) is 4.34. The quantitative estimate of drug-likeness (QED) is 0.933. The van der Waals surface area contributed by atoms with E-state index in [-0.39, 0.29) is 10.7 Å². The molecule has 1 aromatic heterocycles. The summed E-state index contributed by atoms with van der Waals surface area (Å²) in [5.41, 5.74) is 1.77. The van der Waals surface area contributed by atoms with Gasteiger partial charge in [-0.15, -0.1) is 0 Å². The molecule has 3 rings (SSSR count). The number of rotatable bonds is 4. The molecular formula is C17H25N3O2S. The maximum absolute atomic E-state index is 12.7. The van der Waals surface area contributed by atoms with Crippen LogP contribution in [0.25, 0.3) is 11.0 Å². The largest absolute Gasteiger partial charge is 0.342 e. The van der Waals surface area contributed by atoms with E-state index in [2.05, 4.69) is 42.6 Å². The van der Waals surface area contributed by atoms with Crippen LogP contribution in [-0.4, -0.2) is 48.2 Å². The average molecular weight is 335 g/mol. The molecule has 1 N–H and O–H groups in total. The molecule has 1 aliphatic rings. The molecule has 0 spiro atoms. The Morgan fingerprint density at radius 1 is 1.30 bits per heavy atom. The average Bonchev–Trinajstić information content (AvgIpc) is 2.75. The van der Waals surface area contributed by atoms with E-state index in [9.17, 15) is 8.42 Å². The molecule has 0 aliphatic carbocycles. The third kappa shape index (κ3) is 3.28. The number of hydrogen-bond donors (Lipinski definition) is 1. The number of imidazole rings is 1. The summed E-state index contributed by atoms with van der Waals surface area (Å²) < 4.78 is 25.4. The number of benzene rings is 1. The lowest BCUT2D eigenvalue weighted by Gasteiger charge is -2.37. The lowest BCUT2D eigenvalue weighted by Crippen LogP contribution is -2.54. The van der Waals surface area contributed by atoms with Gasteiger partial charge in [0, 0.05) is 19.5 Å². The van der Waals surface area contributed by atoms with Crippen LogP contribution < -0.4 is 0 Å². The fourth-order valence-electron chi connectivity index (χ4n) is 2.97. The van der Waals surface area contributed by atoms with Crippen LogP contribution in [0.5, 0.6) is 0 Å². The first-order valence-corrected chi connectivity index (χ1v) is 9.68. The van der Waals surface area contributed by atoms with Crippen LogP contribution >= 0.6 is 0 Å². The zero-order valence-corrected chi connectivity index (χ0v) is 15.1. The van der Waals surface area contributed by atoms with Gasteiger partial charge in [-0.2, -0.15) is 0 Å². The Morgan fingerprint density at radius 3 is 2.61 bits per heavy atom. The standard InChI is InChI=1S/C17H25N3O2S/c1-5-20-10-13(11-20)23(21,22)12-6-7-14-15(8-12)19-16(18-14)9-17(2,3)4/h6-8,13H,5,9-11H2,1-4H3,(H,18,19). The van der Waals surface area contributed by atoms with Gasteiger partial charge in [0.2, 0.25) is 0 Å². The Bertz CT molecular complexity index is 812. The van der Waals surface area contributed by atoms with Crippen molar-refractivity contribution in [3.05, 3.63) is 24.0 Å². The molecule has 2 aromatic rings. The summed E-state index contributed by atoms with van der Waals surface area (Å²) in [6.45, 7) is 10.7. The second kappa shape index (κ2) is 5.60. The summed E-state index contributed by atoms with van der Waals surface area (Å²) >= 11 is 0. The summed E-state index contributed by atoms with van der Waals surface area (Å²) in [5, 5.41) is -0.281. The van der Waals surface area contributed by atoms with Crippen molar-refractivity contribution in [2.24, 2.45) is 5.41 Å². The van der Waals surface area contributed by atoms with Crippen molar-refractivity contribution in [2.75, 3.05) is 19.6 Å². The van der Waals surface area contributed by atoms with E-state index in [1.807, 2.05) is 0 Å². The fraction of sp³-hybridized carbons (Fsp3) is 0.588. The normalized spacial score (nSPS) is 17.6. The van der Waals surface area contributed by atoms with Crippen molar-refractivity contribution in [3.8, 4) is 0 Å². The third-order valence-corrected chi connectivity index (χ3v) is 6.43. The van der Waals surface area contributed by atoms with Crippen molar-refractivity contribution >= 4 is 20.9 Å². The minimum Gasteiger partial charge on any atom is -0.342 e. The highest BCUT2D eigenvalue weighted by Gasteiger charge is 2.37. The van der Waals surface area contributed by atoms with Crippen molar-refractivity contribution in [1.29, 1.82) is 0 Å². The monoisotopic (exact) mass is 335 g/mol. The number of nitrogens with zero attached hydrogens (tertiary/aromatic N) is 2. The molecule has 1 aromatic carbocycles. The molecule has 1 aliphatic heterocycles. The van der Waals surface area contributed by atoms with Gasteiger partial charge < -0.3 is 9.88 Å². The number of fused-ring (bicyclic) bond motifs is 1. The number of aromatic nitrogens is 2. The zero-order chi connectivity index (χ0) is 16.8. The molecule has 0 amide bonds. The van der Waals surface area contributed by atoms with E-state index in [1.165, 1.54) is 0 Å². The lowest BCUT2D eigenvalue weighted by molar-refractivity contribution is 0.195. The van der Waals surface area contributed by atoms with E-state index >= 15 is 0 Å². The van der Waals surface area contributed by atoms with E-state index in [1.54, 1.807) is 18.2 Å². The van der Waals surface area contributed by atoms with Gasteiger partial charge in [0.25, 0.3) is 0 Å². The van der Waals surface area contributed by atoms with Crippen molar-refractivity contribution in [1.82, 2.24) is 14.9 Å². The van der Waals surface area contributed by atoms with Gasteiger partial charge in [-0.25, -0.2) is 13.4 Å². The minimum absolute atomic E-state index is 0.137. The van der Waals surface area contributed by atoms with Crippen LogP contribution in [0.2, 0.25) is 0 Å². The van der Waals surface area contributed by atoms with Crippen LogP contribution in [0.1, 0.15) is 33.5 Å². The molecule has 0 bridgehead atoms. The maximum atomic E-state index is 12.7. The summed E-state index contributed by atoms with van der Waals surface area (Å²) in [6, 6.07) is 5.23. The number of H-pyrrole nitrogens is 1. The number of sulfone groups is 1. The first kappa shape index (κ1) is 16.5. The highest BCUT2D eigenvalue weighted by atomic mass is 32.2. The predicted octanol–water partition coefficient (Wildman–Crippen LogP) is 2.63. The Balaban J connectivity index is 1.88. The molecule has 126 valence electrons. The van der Waals surface area contributed by atoms with E-state index < -0.39 is 9.84 Å². The Morgan fingerprint density at radius 2 is 2.00 bits per heavy atom. The smallest absolute Gasteiger partial charge is 0.183 e. The molecule has 0 saturated carbocycles. The SMILES string of the molecule is CCN1CC(S(=O)(=O)c2ccc3nc(CC(C)(C)C)[nH]c3c2)C1. The Hall–Kier alpha value is -1.40. The fourth-order valence-corrected chi connectivity index (χ4v) is 4.71. The molecule has 1 saturated heterocycles. The molecule has 2 heterocycles. The van der Waals surface area contributed by atoms with Crippen molar-refractivity contribution in [2.45, 2.75) is 44.3 Å². The summed E-state index contributed by atoms with van der Waals surface area (Å²) in [5.74, 6) is 0.905. The predicted molar refractivity (Wildman–Crippen MR) is 92.3 cm³/mol. The molecule has 0 radical (unpaired) electrons. The molecule has 23 heavy (non-hydrogen) atoms. The number of aromatic amines is 1. The van der Waals surface area contributed by atoms with Gasteiger partial charge in [0.1, 0.15) is 5.82 Å². The van der Waals surface area contributed by atoms with E-state index in [0.29, 0.717) is 18.0 Å². The number of likely N-dealkylation sites (tertiary alicyclic amines) is 1. The van der Waals surface area contributed by atoms with Gasteiger partial charge in [-0.05, 0) is 30.2 Å². The van der Waals surface area contributed by atoms with Gasteiger partial charge in [0.15, 0.2) is 9.84 Å². The Labute approximate surface area is 138 Å². The number of hydrogen-bond acceptors (Lipinski definition) is 4. The first-order chi connectivity index (χ1) is 10.7. The highest BCUT2D eigenvalue weighted by molar-refractivity contribution is 7.92. The van der Waals surface area contributed by atoms with Gasteiger partial charge in [-0.1, -0.05) is 27.7 Å².